The molecule has 0 radical (unpaired) electrons. The molecule has 0 atom stereocenters. The van der Waals surface area contributed by atoms with Crippen molar-refractivity contribution in [3.05, 3.63) is 46.3 Å². The van der Waals surface area contributed by atoms with Gasteiger partial charge in [0.05, 0.1) is 6.54 Å². The molecule has 1 aromatic heterocycles. The summed E-state index contributed by atoms with van der Waals surface area (Å²) in [6, 6.07) is 8.72. The van der Waals surface area contributed by atoms with Crippen molar-refractivity contribution < 1.29 is 23.5 Å². The van der Waals surface area contributed by atoms with E-state index in [-0.39, 0.29) is 18.2 Å². The standard InChI is InChI=1S/C17H17BrN2O5/c1-20(10-11-2-3-12-14(8-11)24-7-6-23-12)16(21)9-19-17(22)13-4-5-15(18)25-13/h2-5,8H,6-7,9-10H2,1H3,(H,19,22). The van der Waals surface area contributed by atoms with Gasteiger partial charge in [-0.1, -0.05) is 6.07 Å². The van der Waals surface area contributed by atoms with E-state index in [1.165, 1.54) is 11.0 Å². The van der Waals surface area contributed by atoms with Gasteiger partial charge in [-0.25, -0.2) is 0 Å². The predicted octanol–water partition coefficient (Wildman–Crippen LogP) is 2.20. The van der Waals surface area contributed by atoms with Gasteiger partial charge in [0.2, 0.25) is 5.91 Å². The summed E-state index contributed by atoms with van der Waals surface area (Å²) in [6.07, 6.45) is 0. The van der Waals surface area contributed by atoms with Crippen LogP contribution in [0.4, 0.5) is 0 Å². The molecule has 8 heteroatoms. The average molecular weight is 409 g/mol. The highest BCUT2D eigenvalue weighted by Gasteiger charge is 2.16. The maximum atomic E-state index is 12.2. The molecule has 1 N–H and O–H groups in total. The quantitative estimate of drug-likeness (QED) is 0.819. The third kappa shape index (κ3) is 4.33. The zero-order valence-corrected chi connectivity index (χ0v) is 15.2. The molecular weight excluding hydrogens is 392 g/mol. The molecule has 3 rings (SSSR count). The first kappa shape index (κ1) is 17.3. The molecular formula is C17H17BrN2O5. The van der Waals surface area contributed by atoms with Gasteiger partial charge in [-0.15, -0.1) is 0 Å². The molecule has 1 aliphatic rings. The van der Waals surface area contributed by atoms with Crippen LogP contribution in [0.3, 0.4) is 0 Å². The van der Waals surface area contributed by atoms with Crippen LogP contribution in [-0.4, -0.2) is 43.5 Å². The van der Waals surface area contributed by atoms with Crippen LogP contribution >= 0.6 is 15.9 Å². The van der Waals surface area contributed by atoms with E-state index < -0.39 is 5.91 Å². The minimum absolute atomic E-state index is 0.113. The molecule has 0 fully saturated rings. The van der Waals surface area contributed by atoms with E-state index in [2.05, 4.69) is 21.2 Å². The van der Waals surface area contributed by atoms with Crippen molar-refractivity contribution in [1.29, 1.82) is 0 Å². The molecule has 7 nitrogen and oxygen atoms in total. The first-order chi connectivity index (χ1) is 12.0. The van der Waals surface area contributed by atoms with Gasteiger partial charge in [0.1, 0.15) is 13.2 Å². The highest BCUT2D eigenvalue weighted by Crippen LogP contribution is 2.31. The van der Waals surface area contributed by atoms with Gasteiger partial charge >= 0.3 is 0 Å². The predicted molar refractivity (Wildman–Crippen MR) is 92.6 cm³/mol. The SMILES string of the molecule is CN(Cc1ccc2c(c1)OCCO2)C(=O)CNC(=O)c1ccc(Br)o1. The van der Waals surface area contributed by atoms with Crippen molar-refractivity contribution in [2.75, 3.05) is 26.8 Å². The van der Waals surface area contributed by atoms with Crippen molar-refractivity contribution in [3.63, 3.8) is 0 Å². The van der Waals surface area contributed by atoms with E-state index in [1.807, 2.05) is 18.2 Å². The zero-order chi connectivity index (χ0) is 17.8. The maximum absolute atomic E-state index is 12.2. The number of ether oxygens (including phenoxy) is 2. The Morgan fingerprint density at radius 3 is 2.64 bits per heavy atom. The monoisotopic (exact) mass is 408 g/mol. The second kappa shape index (κ2) is 7.60. The number of benzene rings is 1. The summed E-state index contributed by atoms with van der Waals surface area (Å²) in [5, 5.41) is 2.54. The molecule has 0 bridgehead atoms. The van der Waals surface area contributed by atoms with Crippen LogP contribution in [0.5, 0.6) is 11.5 Å². The lowest BCUT2D eigenvalue weighted by Crippen LogP contribution is -2.37. The Labute approximate surface area is 153 Å². The average Bonchev–Trinajstić information content (AvgIpc) is 3.05. The van der Waals surface area contributed by atoms with E-state index in [9.17, 15) is 9.59 Å². The summed E-state index contributed by atoms with van der Waals surface area (Å²) >= 11 is 3.13. The molecule has 2 amide bonds. The molecule has 25 heavy (non-hydrogen) atoms. The van der Waals surface area contributed by atoms with Crippen molar-refractivity contribution in [3.8, 4) is 11.5 Å². The van der Waals surface area contributed by atoms with Gasteiger partial charge < -0.3 is 24.1 Å². The summed E-state index contributed by atoms with van der Waals surface area (Å²) in [5.74, 6) is 0.886. The van der Waals surface area contributed by atoms with Crippen molar-refractivity contribution in [2.24, 2.45) is 0 Å². The van der Waals surface area contributed by atoms with E-state index in [4.69, 9.17) is 13.9 Å². The zero-order valence-electron chi connectivity index (χ0n) is 13.6. The highest BCUT2D eigenvalue weighted by molar-refractivity contribution is 9.10. The number of carbonyl (C=O) groups excluding carboxylic acids is 2. The van der Waals surface area contributed by atoms with Gasteiger partial charge in [-0.3, -0.25) is 9.59 Å². The number of nitrogens with zero attached hydrogens (tertiary/aromatic N) is 1. The first-order valence-electron chi connectivity index (χ1n) is 7.69. The van der Waals surface area contributed by atoms with Gasteiger partial charge in [-0.2, -0.15) is 0 Å². The summed E-state index contributed by atoms with van der Waals surface area (Å²) in [6.45, 7) is 1.34. The van der Waals surface area contributed by atoms with E-state index in [1.54, 1.807) is 13.1 Å². The lowest BCUT2D eigenvalue weighted by atomic mass is 10.2. The number of hydrogen-bond acceptors (Lipinski definition) is 5. The Balaban J connectivity index is 1.53. The Morgan fingerprint density at radius 1 is 1.16 bits per heavy atom. The molecule has 0 spiro atoms. The fourth-order valence-corrected chi connectivity index (χ4v) is 2.67. The Hall–Kier alpha value is -2.48. The number of nitrogens with one attached hydrogen (secondary N) is 1. The number of hydrogen-bond donors (Lipinski definition) is 1. The number of carbonyl (C=O) groups is 2. The van der Waals surface area contributed by atoms with Crippen LogP contribution in [0.25, 0.3) is 0 Å². The molecule has 0 saturated heterocycles. The van der Waals surface area contributed by atoms with Crippen LogP contribution in [0, 0.1) is 0 Å². The van der Waals surface area contributed by atoms with E-state index >= 15 is 0 Å². The molecule has 132 valence electrons. The molecule has 1 aliphatic heterocycles. The van der Waals surface area contributed by atoms with Crippen LogP contribution < -0.4 is 14.8 Å². The summed E-state index contributed by atoms with van der Waals surface area (Å²) in [5.41, 5.74) is 0.918. The van der Waals surface area contributed by atoms with Crippen molar-refractivity contribution >= 4 is 27.7 Å². The van der Waals surface area contributed by atoms with E-state index in [0.29, 0.717) is 35.9 Å². The third-order valence-electron chi connectivity index (χ3n) is 3.65. The lowest BCUT2D eigenvalue weighted by Gasteiger charge is -2.21. The Bertz CT molecular complexity index is 789. The number of amides is 2. The van der Waals surface area contributed by atoms with Crippen LogP contribution in [-0.2, 0) is 11.3 Å². The van der Waals surface area contributed by atoms with Crippen LogP contribution in [0.1, 0.15) is 16.1 Å². The molecule has 2 heterocycles. The fourth-order valence-electron chi connectivity index (χ4n) is 2.36. The van der Waals surface area contributed by atoms with Crippen LogP contribution in [0.2, 0.25) is 0 Å². The number of rotatable bonds is 5. The topological polar surface area (TPSA) is 81.0 Å². The second-order valence-corrected chi connectivity index (χ2v) is 6.30. The molecule has 2 aromatic rings. The Morgan fingerprint density at radius 2 is 1.92 bits per heavy atom. The first-order valence-corrected chi connectivity index (χ1v) is 8.48. The molecule has 0 saturated carbocycles. The summed E-state index contributed by atoms with van der Waals surface area (Å²) in [4.78, 5) is 25.6. The fraction of sp³-hybridized carbons (Fsp3) is 0.294. The number of likely N-dealkylation sites (N-methyl/N-ethyl adjacent to an activating group) is 1. The maximum Gasteiger partial charge on any atom is 0.287 e. The number of fused-ring (bicyclic) bond motifs is 1. The highest BCUT2D eigenvalue weighted by atomic mass is 79.9. The molecule has 0 unspecified atom stereocenters. The normalized spacial score (nSPS) is 12.6. The van der Waals surface area contributed by atoms with Crippen LogP contribution in [0.15, 0.2) is 39.4 Å². The lowest BCUT2D eigenvalue weighted by molar-refractivity contribution is -0.129. The van der Waals surface area contributed by atoms with Crippen molar-refractivity contribution in [2.45, 2.75) is 6.54 Å². The van der Waals surface area contributed by atoms with Gasteiger partial charge in [0.15, 0.2) is 21.9 Å². The molecule has 1 aromatic carbocycles. The van der Waals surface area contributed by atoms with Crippen molar-refractivity contribution in [1.82, 2.24) is 10.2 Å². The van der Waals surface area contributed by atoms with Gasteiger partial charge in [0, 0.05) is 13.6 Å². The van der Waals surface area contributed by atoms with Gasteiger partial charge in [-0.05, 0) is 45.8 Å². The second-order valence-electron chi connectivity index (χ2n) is 5.51. The number of furan rings is 1. The number of halogens is 1. The Kier molecular flexibility index (Phi) is 5.28. The minimum atomic E-state index is -0.438. The molecule has 0 aliphatic carbocycles. The third-order valence-corrected chi connectivity index (χ3v) is 4.08. The van der Waals surface area contributed by atoms with Gasteiger partial charge in [0.25, 0.3) is 5.91 Å². The minimum Gasteiger partial charge on any atom is -0.486 e. The summed E-state index contributed by atoms with van der Waals surface area (Å²) < 4.78 is 16.6. The summed E-state index contributed by atoms with van der Waals surface area (Å²) in [7, 11) is 1.68. The van der Waals surface area contributed by atoms with E-state index in [0.717, 1.165) is 5.56 Å². The smallest absolute Gasteiger partial charge is 0.287 e. The largest absolute Gasteiger partial charge is 0.486 e.